The zero-order valence-corrected chi connectivity index (χ0v) is 16.7. The van der Waals surface area contributed by atoms with Gasteiger partial charge in [-0.3, -0.25) is 9.59 Å². The summed E-state index contributed by atoms with van der Waals surface area (Å²) in [5.41, 5.74) is 1.21. The van der Waals surface area contributed by atoms with Crippen LogP contribution in [0.15, 0.2) is 24.3 Å². The molecule has 2 aliphatic heterocycles. The highest BCUT2D eigenvalue weighted by Gasteiger charge is 2.52. The minimum Gasteiger partial charge on any atom is -0.328 e. The second-order valence-corrected chi connectivity index (χ2v) is 9.33. The molecule has 1 N–H and O–H groups in total. The average molecular weight is 394 g/mol. The second-order valence-electron chi connectivity index (χ2n) is 7.49. The maximum Gasteiger partial charge on any atom is 0.252 e. The molecule has 0 radical (unpaired) electrons. The van der Waals surface area contributed by atoms with E-state index in [0.717, 1.165) is 30.3 Å². The van der Waals surface area contributed by atoms with Crippen molar-refractivity contribution < 1.29 is 18.0 Å². The van der Waals surface area contributed by atoms with Crippen LogP contribution in [0, 0.1) is 6.92 Å². The van der Waals surface area contributed by atoms with Crippen LogP contribution in [0.5, 0.6) is 0 Å². The van der Waals surface area contributed by atoms with Gasteiger partial charge in [0, 0.05) is 31.7 Å². The number of nitrogens with one attached hydrogen (secondary N) is 1. The Labute approximate surface area is 160 Å². The Hall–Kier alpha value is -1.93. The predicted molar refractivity (Wildman–Crippen MR) is 104 cm³/mol. The Kier molecular flexibility index (Phi) is 5.58. The fourth-order valence-electron chi connectivity index (χ4n) is 4.16. The topological polar surface area (TPSA) is 86.8 Å². The summed E-state index contributed by atoms with van der Waals surface area (Å²) in [6.07, 6.45) is 4.09. The summed E-state index contributed by atoms with van der Waals surface area (Å²) >= 11 is 0. The van der Waals surface area contributed by atoms with Crippen molar-refractivity contribution in [3.63, 3.8) is 0 Å². The Morgan fingerprint density at radius 2 is 1.78 bits per heavy atom. The Morgan fingerprint density at radius 1 is 1.15 bits per heavy atom. The van der Waals surface area contributed by atoms with E-state index in [1.807, 2.05) is 31.2 Å². The molecule has 3 rings (SSSR count). The summed E-state index contributed by atoms with van der Waals surface area (Å²) in [7, 11) is -3.33. The van der Waals surface area contributed by atoms with E-state index in [-0.39, 0.29) is 24.8 Å². The summed E-state index contributed by atoms with van der Waals surface area (Å²) in [5, 5.41) is 0. The molecule has 1 atom stereocenters. The number of hydrogen-bond donors (Lipinski definition) is 1. The first kappa shape index (κ1) is 19.8. The normalized spacial score (nSPS) is 23.3. The van der Waals surface area contributed by atoms with Crippen molar-refractivity contribution >= 4 is 27.5 Å². The zero-order chi connectivity index (χ0) is 19.7. The highest BCUT2D eigenvalue weighted by atomic mass is 32.2. The van der Waals surface area contributed by atoms with Crippen molar-refractivity contribution in [1.29, 1.82) is 0 Å². The SMILES string of the molecule is Cc1ccc(N2CCCC3(CCCN3C(=O)CCNS(C)(=O)=O)C2=O)cc1. The fraction of sp³-hybridized carbons (Fsp3) is 0.579. The number of carbonyl (C=O) groups is 2. The molecule has 2 amide bonds. The van der Waals surface area contributed by atoms with Gasteiger partial charge >= 0.3 is 0 Å². The maximum absolute atomic E-state index is 13.4. The van der Waals surface area contributed by atoms with Crippen molar-refractivity contribution in [3.8, 4) is 0 Å². The molecule has 7 nitrogen and oxygen atoms in total. The van der Waals surface area contributed by atoms with Gasteiger partial charge in [0.25, 0.3) is 5.91 Å². The van der Waals surface area contributed by atoms with Gasteiger partial charge in [-0.05, 0) is 44.7 Å². The summed E-state index contributed by atoms with van der Waals surface area (Å²) < 4.78 is 24.8. The largest absolute Gasteiger partial charge is 0.328 e. The smallest absolute Gasteiger partial charge is 0.252 e. The van der Waals surface area contributed by atoms with Crippen molar-refractivity contribution in [2.45, 2.75) is 44.6 Å². The third-order valence-electron chi connectivity index (χ3n) is 5.45. The molecule has 8 heteroatoms. The molecule has 0 saturated carbocycles. The van der Waals surface area contributed by atoms with Crippen molar-refractivity contribution in [3.05, 3.63) is 29.8 Å². The third kappa shape index (κ3) is 4.16. The molecule has 1 unspecified atom stereocenters. The number of sulfonamides is 1. The van der Waals surface area contributed by atoms with Crippen molar-refractivity contribution in [2.75, 3.05) is 30.8 Å². The molecule has 1 aromatic rings. The van der Waals surface area contributed by atoms with E-state index in [2.05, 4.69) is 4.72 Å². The van der Waals surface area contributed by atoms with Crippen LogP contribution in [0.4, 0.5) is 5.69 Å². The van der Waals surface area contributed by atoms with Gasteiger partial charge in [0.05, 0.1) is 6.26 Å². The molecule has 2 heterocycles. The Bertz CT molecular complexity index is 822. The molecule has 1 aromatic carbocycles. The third-order valence-corrected chi connectivity index (χ3v) is 6.18. The molecule has 2 fully saturated rings. The van der Waals surface area contributed by atoms with E-state index in [4.69, 9.17) is 0 Å². The Morgan fingerprint density at radius 3 is 2.41 bits per heavy atom. The average Bonchev–Trinajstić information content (AvgIpc) is 3.02. The van der Waals surface area contributed by atoms with Crippen LogP contribution in [0.2, 0.25) is 0 Å². The minimum absolute atomic E-state index is 0.0143. The highest BCUT2D eigenvalue weighted by Crippen LogP contribution is 2.40. The fourth-order valence-corrected chi connectivity index (χ4v) is 4.64. The first-order valence-corrected chi connectivity index (χ1v) is 11.3. The lowest BCUT2D eigenvalue weighted by Gasteiger charge is -2.44. The lowest BCUT2D eigenvalue weighted by molar-refractivity contribution is -0.145. The monoisotopic (exact) mass is 393 g/mol. The summed E-state index contributed by atoms with van der Waals surface area (Å²) in [5.74, 6) is -0.178. The first-order chi connectivity index (χ1) is 12.7. The summed E-state index contributed by atoms with van der Waals surface area (Å²) in [6.45, 7) is 3.26. The summed E-state index contributed by atoms with van der Waals surface area (Å²) in [6, 6.07) is 7.86. The van der Waals surface area contributed by atoms with Gasteiger partial charge in [0.2, 0.25) is 15.9 Å². The quantitative estimate of drug-likeness (QED) is 0.820. The van der Waals surface area contributed by atoms with Gasteiger partial charge in [-0.15, -0.1) is 0 Å². The second kappa shape index (κ2) is 7.59. The maximum atomic E-state index is 13.4. The van der Waals surface area contributed by atoms with E-state index in [9.17, 15) is 18.0 Å². The van der Waals surface area contributed by atoms with Gasteiger partial charge in [-0.25, -0.2) is 13.1 Å². The summed E-state index contributed by atoms with van der Waals surface area (Å²) in [4.78, 5) is 29.7. The van der Waals surface area contributed by atoms with E-state index in [1.54, 1.807) is 9.80 Å². The number of amides is 2. The van der Waals surface area contributed by atoms with Crippen LogP contribution in [0.1, 0.15) is 37.7 Å². The zero-order valence-electron chi connectivity index (χ0n) is 15.9. The van der Waals surface area contributed by atoms with Crippen LogP contribution >= 0.6 is 0 Å². The van der Waals surface area contributed by atoms with E-state index >= 15 is 0 Å². The van der Waals surface area contributed by atoms with E-state index in [0.29, 0.717) is 25.9 Å². The molecule has 2 saturated heterocycles. The number of benzene rings is 1. The molecule has 0 aromatic heterocycles. The highest BCUT2D eigenvalue weighted by molar-refractivity contribution is 7.88. The van der Waals surface area contributed by atoms with Crippen LogP contribution in [-0.2, 0) is 19.6 Å². The Balaban J connectivity index is 1.77. The number of hydrogen-bond acceptors (Lipinski definition) is 4. The standard InChI is InChI=1S/C19H27N3O4S/c1-15-5-7-16(8-6-15)21-13-3-10-19(18(21)24)11-4-14-22(19)17(23)9-12-20-27(2,25)26/h5-8,20H,3-4,9-14H2,1-2H3. The molecule has 1 spiro atoms. The minimum atomic E-state index is -3.33. The van der Waals surface area contributed by atoms with Crippen molar-refractivity contribution in [2.24, 2.45) is 0 Å². The van der Waals surface area contributed by atoms with Crippen molar-refractivity contribution in [1.82, 2.24) is 9.62 Å². The molecular weight excluding hydrogens is 366 g/mol. The number of carbonyl (C=O) groups excluding carboxylic acids is 2. The van der Waals surface area contributed by atoms with Gasteiger partial charge in [-0.2, -0.15) is 0 Å². The molecular formula is C19H27N3O4S. The lowest BCUT2D eigenvalue weighted by atomic mass is 9.85. The number of rotatable bonds is 5. The van der Waals surface area contributed by atoms with Gasteiger partial charge in [0.1, 0.15) is 5.54 Å². The molecule has 2 aliphatic rings. The number of likely N-dealkylation sites (tertiary alicyclic amines) is 1. The molecule has 0 aliphatic carbocycles. The van der Waals surface area contributed by atoms with Crippen LogP contribution in [0.25, 0.3) is 0 Å². The number of aryl methyl sites for hydroxylation is 1. The van der Waals surface area contributed by atoms with Gasteiger partial charge < -0.3 is 9.80 Å². The molecule has 0 bridgehead atoms. The van der Waals surface area contributed by atoms with E-state index < -0.39 is 15.6 Å². The van der Waals surface area contributed by atoms with E-state index in [1.165, 1.54) is 0 Å². The predicted octanol–water partition coefficient (Wildman–Crippen LogP) is 1.42. The first-order valence-electron chi connectivity index (χ1n) is 9.37. The van der Waals surface area contributed by atoms with Crippen LogP contribution in [-0.4, -0.2) is 56.6 Å². The number of piperidine rings is 1. The lowest BCUT2D eigenvalue weighted by Crippen LogP contribution is -2.61. The van der Waals surface area contributed by atoms with Gasteiger partial charge in [-0.1, -0.05) is 17.7 Å². The van der Waals surface area contributed by atoms with Gasteiger partial charge in [0.15, 0.2) is 0 Å². The number of anilines is 1. The molecule has 27 heavy (non-hydrogen) atoms. The van der Waals surface area contributed by atoms with Crippen LogP contribution < -0.4 is 9.62 Å². The number of nitrogens with zero attached hydrogens (tertiary/aromatic N) is 2. The molecule has 148 valence electrons. The van der Waals surface area contributed by atoms with Crippen LogP contribution in [0.3, 0.4) is 0 Å².